The number of ether oxygens (including phenoxy) is 1. The molecule has 0 saturated heterocycles. The number of benzene rings is 4. The van der Waals surface area contributed by atoms with Gasteiger partial charge in [-0.3, -0.25) is 9.44 Å². The lowest BCUT2D eigenvalue weighted by Gasteiger charge is -2.21. The lowest BCUT2D eigenvalue weighted by molar-refractivity contribution is 0.453. The van der Waals surface area contributed by atoms with Crippen molar-refractivity contribution in [3.63, 3.8) is 0 Å². The van der Waals surface area contributed by atoms with E-state index in [4.69, 9.17) is 16.2 Å². The molecule has 0 spiro atoms. The molecule has 9 nitrogen and oxygen atoms in total. The maximum atomic E-state index is 12.7. The van der Waals surface area contributed by atoms with Gasteiger partial charge in [0.2, 0.25) is 20.0 Å². The lowest BCUT2D eigenvalue weighted by Crippen LogP contribution is -2.15. The van der Waals surface area contributed by atoms with Crippen molar-refractivity contribution in [1.29, 1.82) is 0 Å². The highest BCUT2D eigenvalue weighted by Crippen LogP contribution is 2.47. The second-order valence-corrected chi connectivity index (χ2v) is 13.3. The van der Waals surface area contributed by atoms with Crippen LogP contribution in [0.25, 0.3) is 0 Å². The normalized spacial score (nSPS) is 12.6. The van der Waals surface area contributed by atoms with E-state index in [0.29, 0.717) is 45.4 Å². The molecule has 0 amide bonds. The number of sulfonamides is 2. The fourth-order valence-electron chi connectivity index (χ4n) is 3.82. The van der Waals surface area contributed by atoms with E-state index in [-0.39, 0.29) is 11.5 Å². The van der Waals surface area contributed by atoms with Crippen molar-refractivity contribution < 1.29 is 21.6 Å². The van der Waals surface area contributed by atoms with Gasteiger partial charge in [0.15, 0.2) is 0 Å². The van der Waals surface area contributed by atoms with Gasteiger partial charge in [-0.15, -0.1) is 0 Å². The van der Waals surface area contributed by atoms with Crippen molar-refractivity contribution in [2.45, 2.75) is 21.3 Å². The molecule has 1 aliphatic rings. The van der Waals surface area contributed by atoms with Crippen LogP contribution in [0.15, 0.2) is 94.7 Å². The van der Waals surface area contributed by atoms with Crippen LogP contribution in [0.3, 0.4) is 0 Å². The van der Waals surface area contributed by atoms with Crippen LogP contribution in [-0.2, 0) is 31.6 Å². The summed E-state index contributed by atoms with van der Waals surface area (Å²) in [6.45, 7) is 0. The molecule has 0 atom stereocenters. The predicted octanol–water partition coefficient (Wildman–Crippen LogP) is 4.99. The Morgan fingerprint density at radius 3 is 1.39 bits per heavy atom. The maximum Gasteiger partial charge on any atom is 0.236 e. The second-order valence-electron chi connectivity index (χ2n) is 8.73. The Labute approximate surface area is 225 Å². The summed E-state index contributed by atoms with van der Waals surface area (Å²) < 4.78 is 61.9. The molecule has 0 radical (unpaired) electrons. The SMILES string of the molecule is Nc1ccc(NS(=O)(=O)Cc2ccc3c(c2)Oc2cc(CS(=O)(=O)Nc4ccc(N)cc4)ccc2S3)cc1. The minimum absolute atomic E-state index is 0.249. The van der Waals surface area contributed by atoms with E-state index >= 15 is 0 Å². The zero-order valence-electron chi connectivity index (χ0n) is 19.9. The number of fused-ring (bicyclic) bond motifs is 2. The first-order valence-electron chi connectivity index (χ1n) is 11.4. The average molecular weight is 569 g/mol. The molecule has 196 valence electrons. The summed E-state index contributed by atoms with van der Waals surface area (Å²) in [5.41, 5.74) is 14.3. The van der Waals surface area contributed by atoms with Gasteiger partial charge in [-0.05, 0) is 83.9 Å². The molecule has 12 heteroatoms. The first-order chi connectivity index (χ1) is 18.0. The van der Waals surface area contributed by atoms with Crippen molar-refractivity contribution in [3.8, 4) is 11.5 Å². The van der Waals surface area contributed by atoms with Crippen LogP contribution in [0.5, 0.6) is 11.5 Å². The summed E-state index contributed by atoms with van der Waals surface area (Å²) in [4.78, 5) is 1.66. The number of hydrogen-bond acceptors (Lipinski definition) is 8. The summed E-state index contributed by atoms with van der Waals surface area (Å²) in [5.74, 6) is 0.506. The molecule has 0 bridgehead atoms. The molecule has 38 heavy (non-hydrogen) atoms. The molecule has 1 aliphatic heterocycles. The highest BCUT2D eigenvalue weighted by Gasteiger charge is 2.22. The van der Waals surface area contributed by atoms with Gasteiger partial charge in [0.1, 0.15) is 11.5 Å². The molecule has 5 rings (SSSR count). The molecule has 1 heterocycles. The molecule has 6 N–H and O–H groups in total. The predicted molar refractivity (Wildman–Crippen MR) is 151 cm³/mol. The third-order valence-corrected chi connectivity index (χ3v) is 9.17. The van der Waals surface area contributed by atoms with Gasteiger partial charge in [0, 0.05) is 22.7 Å². The van der Waals surface area contributed by atoms with Crippen molar-refractivity contribution in [2.24, 2.45) is 0 Å². The van der Waals surface area contributed by atoms with Crippen LogP contribution in [0, 0.1) is 0 Å². The van der Waals surface area contributed by atoms with E-state index in [2.05, 4.69) is 9.44 Å². The van der Waals surface area contributed by atoms with E-state index < -0.39 is 20.0 Å². The van der Waals surface area contributed by atoms with Crippen molar-refractivity contribution in [3.05, 3.63) is 96.1 Å². The maximum absolute atomic E-state index is 12.7. The van der Waals surface area contributed by atoms with Crippen LogP contribution in [0.2, 0.25) is 0 Å². The van der Waals surface area contributed by atoms with Crippen LogP contribution >= 0.6 is 11.8 Å². The minimum Gasteiger partial charge on any atom is -0.455 e. The summed E-state index contributed by atoms with van der Waals surface area (Å²) >= 11 is 1.46. The van der Waals surface area contributed by atoms with Crippen LogP contribution in [0.4, 0.5) is 22.7 Å². The van der Waals surface area contributed by atoms with Gasteiger partial charge in [-0.2, -0.15) is 0 Å². The van der Waals surface area contributed by atoms with Crippen LogP contribution in [0.1, 0.15) is 11.1 Å². The summed E-state index contributed by atoms with van der Waals surface area (Å²) in [6.07, 6.45) is 0. The number of hydrogen-bond donors (Lipinski definition) is 4. The molecular weight excluding hydrogens is 545 g/mol. The van der Waals surface area contributed by atoms with Crippen LogP contribution in [-0.4, -0.2) is 16.8 Å². The Balaban J connectivity index is 1.29. The van der Waals surface area contributed by atoms with Crippen LogP contribution < -0.4 is 25.6 Å². The number of rotatable bonds is 8. The molecule has 4 aromatic carbocycles. The van der Waals surface area contributed by atoms with Crippen molar-refractivity contribution >= 4 is 54.6 Å². The molecular formula is C26H24N4O5S3. The van der Waals surface area contributed by atoms with Gasteiger partial charge in [0.05, 0.1) is 21.3 Å². The third-order valence-electron chi connectivity index (χ3n) is 5.54. The van der Waals surface area contributed by atoms with E-state index in [1.165, 1.54) is 11.8 Å². The van der Waals surface area contributed by atoms with Gasteiger partial charge >= 0.3 is 0 Å². The molecule has 4 aromatic rings. The molecule has 0 aliphatic carbocycles. The van der Waals surface area contributed by atoms with Crippen molar-refractivity contribution in [2.75, 3.05) is 20.9 Å². The fourth-order valence-corrected chi connectivity index (χ4v) is 7.11. The number of anilines is 4. The molecule has 0 saturated carbocycles. The topological polar surface area (TPSA) is 154 Å². The smallest absolute Gasteiger partial charge is 0.236 e. The third kappa shape index (κ3) is 6.33. The summed E-state index contributed by atoms with van der Waals surface area (Å²) in [5, 5.41) is 0. The Morgan fingerprint density at radius 2 is 1.00 bits per heavy atom. The van der Waals surface area contributed by atoms with Crippen molar-refractivity contribution in [1.82, 2.24) is 0 Å². The highest BCUT2D eigenvalue weighted by molar-refractivity contribution is 7.99. The Bertz CT molecular complexity index is 1580. The number of nitrogen functional groups attached to an aromatic ring is 2. The highest BCUT2D eigenvalue weighted by atomic mass is 32.2. The van der Waals surface area contributed by atoms with Gasteiger partial charge in [-0.25, -0.2) is 16.8 Å². The Kier molecular flexibility index (Phi) is 6.86. The second kappa shape index (κ2) is 10.1. The van der Waals surface area contributed by atoms with E-state index in [1.54, 1.807) is 72.8 Å². The van der Waals surface area contributed by atoms with Gasteiger partial charge in [0.25, 0.3) is 0 Å². The minimum atomic E-state index is -3.68. The molecule has 0 fully saturated rings. The molecule has 0 unspecified atom stereocenters. The molecule has 0 aromatic heterocycles. The Hall–Kier alpha value is -3.87. The number of nitrogens with two attached hydrogens (primary N) is 2. The van der Waals surface area contributed by atoms with Gasteiger partial charge < -0.3 is 16.2 Å². The van der Waals surface area contributed by atoms with E-state index in [1.807, 2.05) is 12.1 Å². The summed E-state index contributed by atoms with van der Waals surface area (Å²) in [6, 6.07) is 23.3. The zero-order chi connectivity index (χ0) is 26.9. The van der Waals surface area contributed by atoms with Gasteiger partial charge in [-0.1, -0.05) is 23.9 Å². The quantitative estimate of drug-likeness (QED) is 0.191. The monoisotopic (exact) mass is 568 g/mol. The average Bonchev–Trinajstić information content (AvgIpc) is 2.85. The lowest BCUT2D eigenvalue weighted by atomic mass is 10.2. The standard InChI is InChI=1S/C26H24N4O5S3/c27-19-3-7-21(8-4-19)29-37(31,32)15-17-1-11-25-23(13-17)35-24-14-18(2-12-26(24)36-25)16-38(33,34)30-22-9-5-20(28)6-10-22/h1-14,29-30H,15-16,27-28H2. The zero-order valence-corrected chi connectivity index (χ0v) is 22.4. The fraction of sp³-hybridized carbons (Fsp3) is 0.0769. The Morgan fingerprint density at radius 1 is 0.605 bits per heavy atom. The number of nitrogens with one attached hydrogen (secondary N) is 2. The van der Waals surface area contributed by atoms with E-state index in [0.717, 1.165) is 9.79 Å². The van der Waals surface area contributed by atoms with E-state index in [9.17, 15) is 16.8 Å². The summed E-state index contributed by atoms with van der Waals surface area (Å²) in [7, 11) is -7.35. The largest absolute Gasteiger partial charge is 0.455 e. The first-order valence-corrected chi connectivity index (χ1v) is 15.5. The first kappa shape index (κ1) is 25.8.